The molecule has 0 unspecified atom stereocenters. The average Bonchev–Trinajstić information content (AvgIpc) is 3.11. The van der Waals surface area contributed by atoms with Gasteiger partial charge in [-0.25, -0.2) is 0 Å². The molecule has 0 spiro atoms. The molecule has 3 rings (SSSR count). The number of benzene rings is 1. The van der Waals surface area contributed by atoms with Crippen LogP contribution in [-0.4, -0.2) is 36.5 Å². The Kier molecular flexibility index (Phi) is 4.39. The van der Waals surface area contributed by atoms with Crippen molar-refractivity contribution in [1.29, 1.82) is 0 Å². The van der Waals surface area contributed by atoms with Crippen LogP contribution in [0.4, 0.5) is 0 Å². The van der Waals surface area contributed by atoms with Crippen molar-refractivity contribution in [2.45, 2.75) is 43.7 Å². The Morgan fingerprint density at radius 2 is 2.10 bits per heavy atom. The van der Waals surface area contributed by atoms with Gasteiger partial charge in [-0.2, -0.15) is 0 Å². The third-order valence-electron chi connectivity index (χ3n) is 4.82. The molecular weight excluding hydrogens is 250 g/mol. The molecule has 1 heterocycles. The van der Waals surface area contributed by atoms with Gasteiger partial charge in [-0.1, -0.05) is 30.3 Å². The summed E-state index contributed by atoms with van der Waals surface area (Å²) < 4.78 is 5.46. The van der Waals surface area contributed by atoms with Gasteiger partial charge in [0.15, 0.2) is 0 Å². The predicted molar refractivity (Wildman–Crippen MR) is 79.7 cm³/mol. The van der Waals surface area contributed by atoms with Gasteiger partial charge in [-0.15, -0.1) is 0 Å². The van der Waals surface area contributed by atoms with Gasteiger partial charge in [0.25, 0.3) is 0 Å². The van der Waals surface area contributed by atoms with Gasteiger partial charge in [-0.05, 0) is 43.6 Å². The molecule has 20 heavy (non-hydrogen) atoms. The Morgan fingerprint density at radius 3 is 2.80 bits per heavy atom. The summed E-state index contributed by atoms with van der Waals surface area (Å²) in [5.74, 6) is 0.771. The summed E-state index contributed by atoms with van der Waals surface area (Å²) in [7, 11) is 0. The van der Waals surface area contributed by atoms with Gasteiger partial charge in [0.05, 0.1) is 18.8 Å². The fourth-order valence-corrected chi connectivity index (χ4v) is 3.66. The zero-order valence-electron chi connectivity index (χ0n) is 12.1. The Morgan fingerprint density at radius 1 is 1.25 bits per heavy atom. The van der Waals surface area contributed by atoms with Crippen LogP contribution in [0.25, 0.3) is 0 Å². The van der Waals surface area contributed by atoms with Crippen LogP contribution in [0.5, 0.6) is 0 Å². The molecule has 2 aliphatic rings. The van der Waals surface area contributed by atoms with Gasteiger partial charge < -0.3 is 15.2 Å². The first-order chi connectivity index (χ1) is 9.80. The molecule has 3 nitrogen and oxygen atoms in total. The zero-order chi connectivity index (χ0) is 13.8. The monoisotopic (exact) mass is 275 g/mol. The molecule has 2 fully saturated rings. The Hall–Kier alpha value is -0.900. The fraction of sp³-hybridized carbons (Fsp3) is 0.647. The van der Waals surface area contributed by atoms with Gasteiger partial charge in [0, 0.05) is 12.6 Å². The van der Waals surface area contributed by atoms with Gasteiger partial charge >= 0.3 is 0 Å². The van der Waals surface area contributed by atoms with E-state index in [4.69, 9.17) is 4.74 Å². The molecule has 0 amide bonds. The average molecular weight is 275 g/mol. The lowest BCUT2D eigenvalue weighted by atomic mass is 9.96. The molecule has 1 saturated carbocycles. The standard InChI is InChI=1S/C17H25NO2/c19-12-17(8-9-20-13-17)18-16-7-6-15(11-16)10-14-4-2-1-3-5-14/h1-5,15-16,18-19H,6-13H2/t15-,16+,17-/m1/s1. The summed E-state index contributed by atoms with van der Waals surface area (Å²) in [5.41, 5.74) is 1.27. The number of ether oxygens (including phenoxy) is 1. The van der Waals surface area contributed by atoms with Crippen LogP contribution >= 0.6 is 0 Å². The third-order valence-corrected chi connectivity index (χ3v) is 4.82. The molecule has 1 aliphatic heterocycles. The first kappa shape index (κ1) is 14.1. The highest BCUT2D eigenvalue weighted by Gasteiger charge is 2.38. The van der Waals surface area contributed by atoms with Crippen LogP contribution in [0.15, 0.2) is 30.3 Å². The zero-order valence-corrected chi connectivity index (χ0v) is 12.1. The second kappa shape index (κ2) is 6.25. The molecule has 1 saturated heterocycles. The number of rotatable bonds is 5. The minimum absolute atomic E-state index is 0.174. The van der Waals surface area contributed by atoms with Crippen LogP contribution in [0.2, 0.25) is 0 Å². The van der Waals surface area contributed by atoms with Crippen molar-refractivity contribution in [3.63, 3.8) is 0 Å². The van der Waals surface area contributed by atoms with Crippen molar-refractivity contribution in [1.82, 2.24) is 5.32 Å². The third kappa shape index (κ3) is 3.22. The van der Waals surface area contributed by atoms with Crippen LogP contribution in [0, 0.1) is 5.92 Å². The second-order valence-corrected chi connectivity index (χ2v) is 6.45. The van der Waals surface area contributed by atoms with E-state index in [0.29, 0.717) is 12.6 Å². The van der Waals surface area contributed by atoms with E-state index in [-0.39, 0.29) is 12.1 Å². The van der Waals surface area contributed by atoms with E-state index in [1.54, 1.807) is 0 Å². The minimum Gasteiger partial charge on any atom is -0.394 e. The van der Waals surface area contributed by atoms with Crippen LogP contribution < -0.4 is 5.32 Å². The Labute approximate surface area is 121 Å². The SMILES string of the molecule is OC[C@]1(N[C@H]2CC[C@H](Cc3ccccc3)C2)CCOC1. The van der Waals surface area contributed by atoms with Crippen molar-refractivity contribution in [2.24, 2.45) is 5.92 Å². The smallest absolute Gasteiger partial charge is 0.0675 e. The second-order valence-electron chi connectivity index (χ2n) is 6.45. The summed E-state index contributed by atoms with van der Waals surface area (Å²) in [6.45, 7) is 1.62. The van der Waals surface area contributed by atoms with Crippen LogP contribution in [0.3, 0.4) is 0 Å². The fourth-order valence-electron chi connectivity index (χ4n) is 3.66. The van der Waals surface area contributed by atoms with E-state index in [0.717, 1.165) is 18.9 Å². The lowest BCUT2D eigenvalue weighted by Gasteiger charge is -2.30. The predicted octanol–water partition coefficient (Wildman–Crippen LogP) is 2.14. The molecule has 0 bridgehead atoms. The van der Waals surface area contributed by atoms with E-state index in [1.807, 2.05) is 0 Å². The molecular formula is C17H25NO2. The highest BCUT2D eigenvalue weighted by atomic mass is 16.5. The normalized spacial score (nSPS) is 33.6. The molecule has 1 aromatic carbocycles. The largest absolute Gasteiger partial charge is 0.394 e. The molecule has 3 atom stereocenters. The number of aliphatic hydroxyl groups is 1. The highest BCUT2D eigenvalue weighted by Crippen LogP contribution is 2.31. The van der Waals surface area contributed by atoms with Crippen molar-refractivity contribution < 1.29 is 9.84 Å². The number of hydrogen-bond acceptors (Lipinski definition) is 3. The molecule has 110 valence electrons. The Bertz CT molecular complexity index is 414. The molecule has 1 aromatic rings. The molecule has 2 N–H and O–H groups in total. The molecule has 0 radical (unpaired) electrons. The first-order valence-electron chi connectivity index (χ1n) is 7.80. The number of aliphatic hydroxyl groups excluding tert-OH is 1. The minimum atomic E-state index is -0.174. The maximum atomic E-state index is 9.64. The lowest BCUT2D eigenvalue weighted by molar-refractivity contribution is 0.112. The molecule has 0 aromatic heterocycles. The first-order valence-corrected chi connectivity index (χ1v) is 7.80. The van der Waals surface area contributed by atoms with Crippen molar-refractivity contribution in [3.8, 4) is 0 Å². The summed E-state index contributed by atoms with van der Waals surface area (Å²) in [6, 6.07) is 11.3. The number of nitrogens with one attached hydrogen (secondary N) is 1. The summed E-state index contributed by atoms with van der Waals surface area (Å²) in [5, 5.41) is 13.3. The van der Waals surface area contributed by atoms with E-state index in [9.17, 15) is 5.11 Å². The molecule has 1 aliphatic carbocycles. The lowest BCUT2D eigenvalue weighted by Crippen LogP contribution is -2.53. The van der Waals surface area contributed by atoms with E-state index in [1.165, 1.54) is 31.2 Å². The maximum Gasteiger partial charge on any atom is 0.0675 e. The maximum absolute atomic E-state index is 9.64. The van der Waals surface area contributed by atoms with E-state index < -0.39 is 0 Å². The quantitative estimate of drug-likeness (QED) is 0.865. The van der Waals surface area contributed by atoms with Crippen molar-refractivity contribution in [3.05, 3.63) is 35.9 Å². The van der Waals surface area contributed by atoms with Crippen LogP contribution in [0.1, 0.15) is 31.2 Å². The summed E-state index contributed by atoms with van der Waals surface area (Å²) >= 11 is 0. The highest BCUT2D eigenvalue weighted by molar-refractivity contribution is 5.15. The topological polar surface area (TPSA) is 41.5 Å². The van der Waals surface area contributed by atoms with Crippen molar-refractivity contribution >= 4 is 0 Å². The van der Waals surface area contributed by atoms with E-state index >= 15 is 0 Å². The summed E-state index contributed by atoms with van der Waals surface area (Å²) in [6.07, 6.45) is 5.84. The van der Waals surface area contributed by atoms with Gasteiger partial charge in [0.1, 0.15) is 0 Å². The molecule has 3 heteroatoms. The van der Waals surface area contributed by atoms with E-state index in [2.05, 4.69) is 35.6 Å². The van der Waals surface area contributed by atoms with Crippen LogP contribution in [-0.2, 0) is 11.2 Å². The van der Waals surface area contributed by atoms with Gasteiger partial charge in [0.2, 0.25) is 0 Å². The van der Waals surface area contributed by atoms with Gasteiger partial charge in [-0.3, -0.25) is 0 Å². The summed E-state index contributed by atoms with van der Waals surface area (Å²) in [4.78, 5) is 0. The Balaban J connectivity index is 1.52. The number of hydrogen-bond donors (Lipinski definition) is 2. The van der Waals surface area contributed by atoms with Crippen molar-refractivity contribution in [2.75, 3.05) is 19.8 Å².